The van der Waals surface area contributed by atoms with Crippen molar-refractivity contribution < 1.29 is 14.3 Å². The van der Waals surface area contributed by atoms with Gasteiger partial charge < -0.3 is 14.8 Å². The van der Waals surface area contributed by atoms with Crippen molar-refractivity contribution in [3.8, 4) is 5.75 Å². The monoisotopic (exact) mass is 295 g/mol. The first-order valence-corrected chi connectivity index (χ1v) is 7.88. The van der Waals surface area contributed by atoms with Crippen molar-refractivity contribution >= 4 is 23.4 Å². The lowest BCUT2D eigenvalue weighted by Gasteiger charge is -2.32. The summed E-state index contributed by atoms with van der Waals surface area (Å²) in [6.45, 7) is 4.32. The second kappa shape index (κ2) is 6.39. The van der Waals surface area contributed by atoms with Crippen LogP contribution in [-0.2, 0) is 9.53 Å². The SMILES string of the molecule is CCOC(=O)C1(Nc2ccc(OC)cc2)CCSC1C. The Morgan fingerprint density at radius 2 is 2.15 bits per heavy atom. The summed E-state index contributed by atoms with van der Waals surface area (Å²) < 4.78 is 10.4. The normalized spacial score (nSPS) is 25.2. The van der Waals surface area contributed by atoms with Gasteiger partial charge in [0.1, 0.15) is 11.3 Å². The summed E-state index contributed by atoms with van der Waals surface area (Å²) in [5.74, 6) is 1.60. The number of methoxy groups -OCH3 is 1. The third-order valence-corrected chi connectivity index (χ3v) is 5.00. The number of hydrogen-bond donors (Lipinski definition) is 1. The van der Waals surface area contributed by atoms with Gasteiger partial charge in [-0.1, -0.05) is 6.92 Å². The van der Waals surface area contributed by atoms with Gasteiger partial charge in [0.2, 0.25) is 0 Å². The van der Waals surface area contributed by atoms with E-state index in [1.807, 2.05) is 31.2 Å². The molecule has 5 heteroatoms. The summed E-state index contributed by atoms with van der Waals surface area (Å²) in [6.07, 6.45) is 0.781. The highest BCUT2D eigenvalue weighted by atomic mass is 32.2. The number of rotatable bonds is 5. The lowest BCUT2D eigenvalue weighted by atomic mass is 9.92. The minimum absolute atomic E-state index is 0.159. The van der Waals surface area contributed by atoms with Crippen molar-refractivity contribution in [2.24, 2.45) is 0 Å². The Morgan fingerprint density at radius 3 is 2.65 bits per heavy atom. The first-order valence-electron chi connectivity index (χ1n) is 6.83. The van der Waals surface area contributed by atoms with Crippen molar-refractivity contribution in [2.75, 3.05) is 24.8 Å². The molecule has 1 aromatic rings. The highest BCUT2D eigenvalue weighted by Gasteiger charge is 2.48. The minimum Gasteiger partial charge on any atom is -0.497 e. The molecule has 1 N–H and O–H groups in total. The van der Waals surface area contributed by atoms with Crippen LogP contribution in [0.15, 0.2) is 24.3 Å². The molecule has 0 saturated carbocycles. The molecule has 0 spiro atoms. The number of nitrogens with one attached hydrogen (secondary N) is 1. The second-order valence-electron chi connectivity index (χ2n) is 4.81. The van der Waals surface area contributed by atoms with Crippen LogP contribution < -0.4 is 10.1 Å². The first kappa shape index (κ1) is 15.0. The Labute approximate surface area is 124 Å². The van der Waals surface area contributed by atoms with E-state index >= 15 is 0 Å². The fraction of sp³-hybridized carbons (Fsp3) is 0.533. The molecule has 1 heterocycles. The van der Waals surface area contributed by atoms with Crippen molar-refractivity contribution in [3.63, 3.8) is 0 Å². The maximum atomic E-state index is 12.4. The molecule has 0 aromatic heterocycles. The zero-order valence-electron chi connectivity index (χ0n) is 12.1. The molecule has 110 valence electrons. The summed E-state index contributed by atoms with van der Waals surface area (Å²) in [4.78, 5) is 12.4. The second-order valence-corrected chi connectivity index (χ2v) is 6.26. The van der Waals surface area contributed by atoms with Crippen LogP contribution in [0.5, 0.6) is 5.75 Å². The number of anilines is 1. The number of ether oxygens (including phenoxy) is 2. The number of esters is 1. The van der Waals surface area contributed by atoms with E-state index in [1.54, 1.807) is 18.9 Å². The Bertz CT molecular complexity index is 463. The summed E-state index contributed by atoms with van der Waals surface area (Å²) in [5, 5.41) is 3.57. The molecule has 1 fully saturated rings. The van der Waals surface area contributed by atoms with Crippen LogP contribution in [0.3, 0.4) is 0 Å². The van der Waals surface area contributed by atoms with Gasteiger partial charge in [-0.25, -0.2) is 4.79 Å². The molecular weight excluding hydrogens is 274 g/mol. The summed E-state index contributed by atoms with van der Waals surface area (Å²) >= 11 is 1.80. The number of thioether (sulfide) groups is 1. The molecule has 2 unspecified atom stereocenters. The van der Waals surface area contributed by atoms with E-state index in [0.717, 1.165) is 23.6 Å². The number of carbonyl (C=O) groups is 1. The van der Waals surface area contributed by atoms with E-state index in [0.29, 0.717) is 6.61 Å². The smallest absolute Gasteiger partial charge is 0.332 e. The van der Waals surface area contributed by atoms with Crippen LogP contribution in [0.1, 0.15) is 20.3 Å². The van der Waals surface area contributed by atoms with Gasteiger partial charge >= 0.3 is 5.97 Å². The van der Waals surface area contributed by atoms with Crippen molar-refractivity contribution in [1.82, 2.24) is 0 Å². The molecule has 2 rings (SSSR count). The van der Waals surface area contributed by atoms with E-state index in [-0.39, 0.29) is 11.2 Å². The Hall–Kier alpha value is -1.36. The molecule has 0 amide bonds. The summed E-state index contributed by atoms with van der Waals surface area (Å²) in [6, 6.07) is 7.62. The molecule has 0 aliphatic carbocycles. The lowest BCUT2D eigenvalue weighted by Crippen LogP contribution is -2.51. The van der Waals surface area contributed by atoms with E-state index in [9.17, 15) is 4.79 Å². The summed E-state index contributed by atoms with van der Waals surface area (Å²) in [5.41, 5.74) is 0.281. The fourth-order valence-electron chi connectivity index (χ4n) is 2.42. The lowest BCUT2D eigenvalue weighted by molar-refractivity contribution is -0.148. The number of carbonyl (C=O) groups excluding carboxylic acids is 1. The van der Waals surface area contributed by atoms with Crippen LogP contribution in [0, 0.1) is 0 Å². The molecule has 2 atom stereocenters. The van der Waals surface area contributed by atoms with Crippen LogP contribution in [0.25, 0.3) is 0 Å². The van der Waals surface area contributed by atoms with Crippen LogP contribution in [0.4, 0.5) is 5.69 Å². The van der Waals surface area contributed by atoms with Crippen molar-refractivity contribution in [2.45, 2.75) is 31.1 Å². The van der Waals surface area contributed by atoms with E-state index in [4.69, 9.17) is 9.47 Å². The van der Waals surface area contributed by atoms with Gasteiger partial charge in [-0.05, 0) is 43.4 Å². The molecule has 0 bridgehead atoms. The molecule has 1 saturated heterocycles. The molecular formula is C15H21NO3S. The predicted molar refractivity (Wildman–Crippen MR) is 82.5 cm³/mol. The average Bonchev–Trinajstić information content (AvgIpc) is 2.82. The zero-order valence-corrected chi connectivity index (χ0v) is 13.0. The highest BCUT2D eigenvalue weighted by Crippen LogP contribution is 2.39. The molecule has 1 aliphatic heterocycles. The fourth-order valence-corrected chi connectivity index (χ4v) is 3.77. The van der Waals surface area contributed by atoms with Gasteiger partial charge in [0.15, 0.2) is 0 Å². The van der Waals surface area contributed by atoms with E-state index in [2.05, 4.69) is 12.2 Å². The van der Waals surface area contributed by atoms with Gasteiger partial charge in [0.25, 0.3) is 0 Å². The first-order chi connectivity index (χ1) is 9.62. The number of hydrogen-bond acceptors (Lipinski definition) is 5. The Kier molecular flexibility index (Phi) is 4.81. The molecule has 0 radical (unpaired) electrons. The van der Waals surface area contributed by atoms with Gasteiger partial charge in [-0.3, -0.25) is 0 Å². The van der Waals surface area contributed by atoms with Crippen LogP contribution in [-0.4, -0.2) is 36.2 Å². The van der Waals surface area contributed by atoms with Gasteiger partial charge in [-0.2, -0.15) is 11.8 Å². The molecule has 4 nitrogen and oxygen atoms in total. The van der Waals surface area contributed by atoms with E-state index in [1.165, 1.54) is 0 Å². The number of benzene rings is 1. The van der Waals surface area contributed by atoms with Crippen LogP contribution >= 0.6 is 11.8 Å². The van der Waals surface area contributed by atoms with Crippen molar-refractivity contribution in [1.29, 1.82) is 0 Å². The van der Waals surface area contributed by atoms with Crippen LogP contribution in [0.2, 0.25) is 0 Å². The quantitative estimate of drug-likeness (QED) is 0.846. The Morgan fingerprint density at radius 1 is 1.45 bits per heavy atom. The maximum Gasteiger partial charge on any atom is 0.332 e. The van der Waals surface area contributed by atoms with Gasteiger partial charge in [-0.15, -0.1) is 0 Å². The standard InChI is InChI=1S/C15H21NO3S/c1-4-19-14(17)15(9-10-20-11(15)2)16-12-5-7-13(18-3)8-6-12/h5-8,11,16H,4,9-10H2,1-3H3. The summed E-state index contributed by atoms with van der Waals surface area (Å²) in [7, 11) is 1.64. The van der Waals surface area contributed by atoms with Crippen molar-refractivity contribution in [3.05, 3.63) is 24.3 Å². The topological polar surface area (TPSA) is 47.6 Å². The average molecular weight is 295 g/mol. The molecule has 1 aliphatic rings. The third kappa shape index (κ3) is 2.87. The largest absolute Gasteiger partial charge is 0.497 e. The molecule has 20 heavy (non-hydrogen) atoms. The Balaban J connectivity index is 2.21. The van der Waals surface area contributed by atoms with Gasteiger partial charge in [0.05, 0.1) is 13.7 Å². The van der Waals surface area contributed by atoms with Gasteiger partial charge in [0, 0.05) is 10.9 Å². The zero-order chi connectivity index (χ0) is 14.6. The third-order valence-electron chi connectivity index (χ3n) is 3.66. The highest BCUT2D eigenvalue weighted by molar-refractivity contribution is 8.00. The van der Waals surface area contributed by atoms with E-state index < -0.39 is 5.54 Å². The predicted octanol–water partition coefficient (Wildman–Crippen LogP) is 2.93. The maximum absolute atomic E-state index is 12.4. The minimum atomic E-state index is -0.630. The molecule has 1 aromatic carbocycles.